The van der Waals surface area contributed by atoms with E-state index < -0.39 is 0 Å². The molecule has 0 N–H and O–H groups in total. The van der Waals surface area contributed by atoms with Crippen LogP contribution in [0.2, 0.25) is 0 Å². The Morgan fingerprint density at radius 2 is 0.844 bits per heavy atom. The second-order valence-electron chi connectivity index (χ2n) is 18.0. The lowest BCUT2D eigenvalue weighted by atomic mass is 9.68. The predicted molar refractivity (Wildman–Crippen MR) is 266 cm³/mol. The zero-order chi connectivity index (χ0) is 42.2. The Kier molecular flexibility index (Phi) is 8.52. The number of hydrogen-bond donors (Lipinski definition) is 0. The Morgan fingerprint density at radius 1 is 0.375 bits per heavy atom. The second kappa shape index (κ2) is 14.7. The van der Waals surface area contributed by atoms with E-state index in [1.807, 2.05) is 0 Å². The molecule has 64 heavy (non-hydrogen) atoms. The molecule has 0 radical (unpaired) electrons. The normalized spacial score (nSPS) is 18.1. The molecule has 1 saturated carbocycles. The van der Waals surface area contributed by atoms with Crippen LogP contribution in [0.5, 0.6) is 0 Å². The minimum Gasteiger partial charge on any atom is -0.310 e. The molecule has 1 heterocycles. The van der Waals surface area contributed by atoms with Crippen molar-refractivity contribution < 1.29 is 0 Å². The van der Waals surface area contributed by atoms with E-state index in [0.717, 1.165) is 18.5 Å². The van der Waals surface area contributed by atoms with Crippen LogP contribution in [0.15, 0.2) is 224 Å². The van der Waals surface area contributed by atoms with Gasteiger partial charge in [-0.3, -0.25) is 0 Å². The SMILES string of the molecule is c1ccc(-c2ccc(N(c3ccccc3)c3cccc4c3C35c6c(cccc6N(c6ccccc6)c6ccc7c8ccccc8n(-c8ccccc8)c7c6)CC3CCC5C4)cc2)cc1. The molecule has 1 aromatic heterocycles. The highest BCUT2D eigenvalue weighted by molar-refractivity contribution is 6.10. The highest BCUT2D eigenvalue weighted by Gasteiger charge is 2.62. The van der Waals surface area contributed by atoms with E-state index in [1.165, 1.54) is 102 Å². The van der Waals surface area contributed by atoms with Gasteiger partial charge in [0.1, 0.15) is 0 Å². The Hall–Kier alpha value is -7.62. The molecule has 0 saturated heterocycles. The summed E-state index contributed by atoms with van der Waals surface area (Å²) in [4.78, 5) is 5.13. The van der Waals surface area contributed by atoms with Crippen LogP contribution in [0.1, 0.15) is 35.1 Å². The van der Waals surface area contributed by atoms with Crippen molar-refractivity contribution in [1.82, 2.24) is 4.57 Å². The summed E-state index contributed by atoms with van der Waals surface area (Å²) in [6.07, 6.45) is 4.66. The Morgan fingerprint density at radius 3 is 1.45 bits per heavy atom. The van der Waals surface area contributed by atoms with Gasteiger partial charge in [-0.15, -0.1) is 0 Å². The summed E-state index contributed by atoms with van der Waals surface area (Å²) in [6, 6.07) is 83.3. The topological polar surface area (TPSA) is 11.4 Å². The summed E-state index contributed by atoms with van der Waals surface area (Å²) in [6.45, 7) is 0. The Balaban J connectivity index is 1.04. The molecule has 0 aliphatic heterocycles. The summed E-state index contributed by atoms with van der Waals surface area (Å²) in [5.74, 6) is 1.02. The van der Waals surface area contributed by atoms with Gasteiger partial charge in [-0.2, -0.15) is 0 Å². The maximum absolute atomic E-state index is 2.58. The van der Waals surface area contributed by atoms with Crippen molar-refractivity contribution in [2.75, 3.05) is 9.80 Å². The summed E-state index contributed by atoms with van der Waals surface area (Å²) < 4.78 is 2.44. The fraction of sp³-hybridized carbons (Fsp3) is 0.115. The number of hydrogen-bond acceptors (Lipinski definition) is 2. The molecule has 1 spiro atoms. The molecule has 3 heteroatoms. The smallest absolute Gasteiger partial charge is 0.0561 e. The summed E-state index contributed by atoms with van der Waals surface area (Å²) in [7, 11) is 0. The molecule has 3 nitrogen and oxygen atoms in total. The Labute approximate surface area is 375 Å². The first-order valence-electron chi connectivity index (χ1n) is 22.9. The quantitative estimate of drug-likeness (QED) is 0.151. The van der Waals surface area contributed by atoms with Gasteiger partial charge in [0.25, 0.3) is 0 Å². The van der Waals surface area contributed by atoms with Gasteiger partial charge < -0.3 is 14.4 Å². The number of nitrogens with zero attached hydrogens (tertiary/aromatic N) is 3. The van der Waals surface area contributed by atoms with Gasteiger partial charge in [-0.25, -0.2) is 0 Å². The maximum Gasteiger partial charge on any atom is 0.0561 e. The van der Waals surface area contributed by atoms with E-state index in [9.17, 15) is 0 Å². The third-order valence-electron chi connectivity index (χ3n) is 14.8. The molecule has 3 unspecified atom stereocenters. The van der Waals surface area contributed by atoms with Gasteiger partial charge >= 0.3 is 0 Å². The molecule has 3 aliphatic rings. The van der Waals surface area contributed by atoms with Crippen molar-refractivity contribution in [3.8, 4) is 16.8 Å². The van der Waals surface area contributed by atoms with Gasteiger partial charge in [-0.05, 0) is 150 Å². The number of rotatable bonds is 8. The van der Waals surface area contributed by atoms with Crippen LogP contribution < -0.4 is 9.80 Å². The highest BCUT2D eigenvalue weighted by atomic mass is 15.2. The standard InChI is InChI=1S/C61H47N3/c1-5-17-42(18-6-1)43-31-35-51(36-32-43)62(48-21-7-2-8-22-48)56-29-15-19-44-39-46-33-34-47-40-45-20-16-30-57(60(45)61(46,47)59(44)56)63(49-23-9-3-10-24-49)52-37-38-54-53-27-13-14-28-55(53)64(58(54)41-52)50-25-11-4-12-26-50/h1-32,35-38,41,46-47H,33-34,39-40H2. The van der Waals surface area contributed by atoms with Crippen LogP contribution in [-0.2, 0) is 18.3 Å². The number of fused-ring (bicyclic) bond motifs is 5. The number of para-hydroxylation sites is 4. The molecule has 0 amide bonds. The average Bonchev–Trinajstić information content (AvgIpc) is 4.08. The van der Waals surface area contributed by atoms with Crippen LogP contribution in [0.25, 0.3) is 38.6 Å². The molecule has 13 rings (SSSR count). The molecular formula is C61H47N3. The molecule has 1 fully saturated rings. The number of aromatic nitrogens is 1. The number of anilines is 6. The monoisotopic (exact) mass is 821 g/mol. The van der Waals surface area contributed by atoms with E-state index >= 15 is 0 Å². The van der Waals surface area contributed by atoms with Crippen molar-refractivity contribution in [1.29, 1.82) is 0 Å². The van der Waals surface area contributed by atoms with Crippen molar-refractivity contribution in [2.45, 2.75) is 31.1 Å². The van der Waals surface area contributed by atoms with Gasteiger partial charge in [0.2, 0.25) is 0 Å². The van der Waals surface area contributed by atoms with Crippen molar-refractivity contribution in [2.24, 2.45) is 11.8 Å². The minimum absolute atomic E-state index is 0.148. The first kappa shape index (κ1) is 37.0. The van der Waals surface area contributed by atoms with Crippen LogP contribution in [0.3, 0.4) is 0 Å². The lowest BCUT2D eigenvalue weighted by Crippen LogP contribution is -2.34. The zero-order valence-corrected chi connectivity index (χ0v) is 35.7. The molecule has 3 atom stereocenters. The highest BCUT2D eigenvalue weighted by Crippen LogP contribution is 2.69. The van der Waals surface area contributed by atoms with Crippen LogP contribution in [0, 0.1) is 11.8 Å². The van der Waals surface area contributed by atoms with E-state index in [1.54, 1.807) is 0 Å². The lowest BCUT2D eigenvalue weighted by molar-refractivity contribution is 0.350. The van der Waals surface area contributed by atoms with Crippen molar-refractivity contribution >= 4 is 55.9 Å². The van der Waals surface area contributed by atoms with Crippen molar-refractivity contribution in [3.05, 3.63) is 247 Å². The first-order chi connectivity index (χ1) is 31.8. The fourth-order valence-corrected chi connectivity index (χ4v) is 12.4. The molecule has 0 bridgehead atoms. The summed E-state index contributed by atoms with van der Waals surface area (Å²) in [5.41, 5.74) is 19.2. The fourth-order valence-electron chi connectivity index (χ4n) is 12.4. The van der Waals surface area contributed by atoms with Gasteiger partial charge in [0.05, 0.1) is 22.4 Å². The largest absolute Gasteiger partial charge is 0.310 e. The maximum atomic E-state index is 2.58. The molecular weight excluding hydrogens is 775 g/mol. The lowest BCUT2D eigenvalue weighted by Gasteiger charge is -2.40. The third kappa shape index (κ3) is 5.53. The minimum atomic E-state index is -0.148. The number of benzene rings is 9. The molecule has 10 aromatic rings. The van der Waals surface area contributed by atoms with Gasteiger partial charge in [-0.1, -0.05) is 146 Å². The second-order valence-corrected chi connectivity index (χ2v) is 18.0. The molecule has 306 valence electrons. The van der Waals surface area contributed by atoms with Crippen LogP contribution in [0.4, 0.5) is 34.1 Å². The molecule has 3 aliphatic carbocycles. The van der Waals surface area contributed by atoms with E-state index in [2.05, 4.69) is 239 Å². The van der Waals surface area contributed by atoms with Crippen LogP contribution in [-0.4, -0.2) is 4.57 Å². The molecule has 9 aromatic carbocycles. The third-order valence-corrected chi connectivity index (χ3v) is 14.8. The average molecular weight is 822 g/mol. The first-order valence-corrected chi connectivity index (χ1v) is 22.9. The van der Waals surface area contributed by atoms with E-state index in [0.29, 0.717) is 11.8 Å². The Bertz CT molecular complexity index is 3330. The van der Waals surface area contributed by atoms with Crippen LogP contribution >= 0.6 is 0 Å². The summed E-state index contributed by atoms with van der Waals surface area (Å²) >= 11 is 0. The summed E-state index contributed by atoms with van der Waals surface area (Å²) in [5, 5.41) is 2.53. The van der Waals surface area contributed by atoms with Gasteiger partial charge in [0, 0.05) is 44.6 Å². The van der Waals surface area contributed by atoms with E-state index in [4.69, 9.17) is 0 Å². The predicted octanol–water partition coefficient (Wildman–Crippen LogP) is 15.8. The van der Waals surface area contributed by atoms with Crippen molar-refractivity contribution in [3.63, 3.8) is 0 Å². The van der Waals surface area contributed by atoms with E-state index in [-0.39, 0.29) is 5.41 Å². The zero-order valence-electron chi connectivity index (χ0n) is 35.7. The van der Waals surface area contributed by atoms with Gasteiger partial charge in [0.15, 0.2) is 0 Å².